The molecule has 0 aromatic rings. The second-order valence-electron chi connectivity index (χ2n) is 7.25. The van der Waals surface area contributed by atoms with E-state index in [0.29, 0.717) is 0 Å². The molecule has 1 aliphatic heterocycles. The molecule has 2 N–H and O–H groups in total. The standard InChI is InChI=1S/C21H41N3/c1-3-4-5-6-7-8-9-10-11-12-13-14-15-16-17-21-23-18-19-24(21)20(2)22/h16-17,20H,3-15,18-19,22H2,1-2H3/b17-16+. The summed E-state index contributed by atoms with van der Waals surface area (Å²) >= 11 is 0. The van der Waals surface area contributed by atoms with E-state index >= 15 is 0 Å². The van der Waals surface area contributed by atoms with Gasteiger partial charge in [0, 0.05) is 6.54 Å². The summed E-state index contributed by atoms with van der Waals surface area (Å²) in [5.74, 6) is 1.07. The Kier molecular flexibility index (Phi) is 12.8. The molecule has 0 fully saturated rings. The highest BCUT2D eigenvalue weighted by atomic mass is 15.3. The Morgan fingerprint density at radius 3 is 2.04 bits per heavy atom. The van der Waals surface area contributed by atoms with E-state index in [1.165, 1.54) is 83.5 Å². The van der Waals surface area contributed by atoms with Crippen LogP contribution in [0.3, 0.4) is 0 Å². The highest BCUT2D eigenvalue weighted by Crippen LogP contribution is 2.13. The fourth-order valence-electron chi connectivity index (χ4n) is 3.33. The molecular formula is C21H41N3. The van der Waals surface area contributed by atoms with Gasteiger partial charge >= 0.3 is 0 Å². The van der Waals surface area contributed by atoms with Gasteiger partial charge in [0.25, 0.3) is 0 Å². The molecule has 0 saturated carbocycles. The van der Waals surface area contributed by atoms with Crippen LogP contribution in [-0.2, 0) is 0 Å². The van der Waals surface area contributed by atoms with Crippen molar-refractivity contribution in [3.63, 3.8) is 0 Å². The van der Waals surface area contributed by atoms with Gasteiger partial charge in [0.2, 0.25) is 0 Å². The van der Waals surface area contributed by atoms with Crippen molar-refractivity contribution >= 4 is 5.84 Å². The summed E-state index contributed by atoms with van der Waals surface area (Å²) in [5.41, 5.74) is 5.95. The van der Waals surface area contributed by atoms with Crippen molar-refractivity contribution in [1.29, 1.82) is 0 Å². The minimum atomic E-state index is 0.0718. The van der Waals surface area contributed by atoms with E-state index in [2.05, 4.69) is 29.0 Å². The van der Waals surface area contributed by atoms with Gasteiger partial charge in [0.1, 0.15) is 5.84 Å². The molecule has 1 aliphatic rings. The van der Waals surface area contributed by atoms with Crippen LogP contribution >= 0.6 is 0 Å². The number of hydrogen-bond donors (Lipinski definition) is 1. The van der Waals surface area contributed by atoms with E-state index in [1.807, 2.05) is 6.92 Å². The number of allylic oxidation sites excluding steroid dienone is 1. The number of nitrogens with two attached hydrogens (primary N) is 1. The quantitative estimate of drug-likeness (QED) is 0.393. The lowest BCUT2D eigenvalue weighted by Gasteiger charge is -2.22. The first-order chi connectivity index (χ1) is 11.8. The van der Waals surface area contributed by atoms with E-state index in [4.69, 9.17) is 5.73 Å². The summed E-state index contributed by atoms with van der Waals surface area (Å²) in [6.45, 7) is 6.17. The Hall–Kier alpha value is -0.830. The number of aliphatic imine (C=N–C) groups is 1. The van der Waals surface area contributed by atoms with Crippen LogP contribution in [0.2, 0.25) is 0 Å². The molecule has 140 valence electrons. The predicted octanol–water partition coefficient (Wildman–Crippen LogP) is 5.65. The third-order valence-corrected chi connectivity index (χ3v) is 4.89. The Bertz CT molecular complexity index is 347. The molecule has 0 spiro atoms. The normalized spacial score (nSPS) is 16.1. The van der Waals surface area contributed by atoms with Crippen LogP contribution in [0.5, 0.6) is 0 Å². The molecular weight excluding hydrogens is 294 g/mol. The molecule has 0 aromatic heterocycles. The number of hydrogen-bond acceptors (Lipinski definition) is 3. The van der Waals surface area contributed by atoms with E-state index in [0.717, 1.165) is 18.9 Å². The fourth-order valence-corrected chi connectivity index (χ4v) is 3.33. The third kappa shape index (κ3) is 10.1. The Labute approximate surface area is 150 Å². The van der Waals surface area contributed by atoms with Crippen molar-refractivity contribution in [2.24, 2.45) is 10.7 Å². The SMILES string of the molecule is CCCCCCCCCCCCCC/C=C/C1=NCCN1C(C)N. The van der Waals surface area contributed by atoms with Gasteiger partial charge in [-0.1, -0.05) is 83.6 Å². The van der Waals surface area contributed by atoms with Crippen LogP contribution in [-0.4, -0.2) is 30.0 Å². The van der Waals surface area contributed by atoms with Gasteiger partial charge in [-0.3, -0.25) is 4.99 Å². The third-order valence-electron chi connectivity index (χ3n) is 4.89. The average Bonchev–Trinajstić information content (AvgIpc) is 3.04. The largest absolute Gasteiger partial charge is 0.340 e. The lowest BCUT2D eigenvalue weighted by molar-refractivity contribution is 0.367. The van der Waals surface area contributed by atoms with E-state index in [-0.39, 0.29) is 6.17 Å². The molecule has 24 heavy (non-hydrogen) atoms. The molecule has 0 saturated heterocycles. The minimum absolute atomic E-state index is 0.0718. The van der Waals surface area contributed by atoms with Gasteiger partial charge in [-0.05, 0) is 25.8 Å². The number of amidine groups is 1. The maximum absolute atomic E-state index is 5.95. The second kappa shape index (κ2) is 14.5. The van der Waals surface area contributed by atoms with Crippen molar-refractivity contribution < 1.29 is 0 Å². The molecule has 0 aliphatic carbocycles. The van der Waals surface area contributed by atoms with Crippen LogP contribution in [0.4, 0.5) is 0 Å². The molecule has 1 heterocycles. The molecule has 0 amide bonds. The highest BCUT2D eigenvalue weighted by Gasteiger charge is 2.16. The second-order valence-corrected chi connectivity index (χ2v) is 7.25. The monoisotopic (exact) mass is 335 g/mol. The van der Waals surface area contributed by atoms with Crippen molar-refractivity contribution in [2.75, 3.05) is 13.1 Å². The smallest absolute Gasteiger partial charge is 0.124 e. The van der Waals surface area contributed by atoms with Crippen molar-refractivity contribution in [3.05, 3.63) is 12.2 Å². The number of unbranched alkanes of at least 4 members (excludes halogenated alkanes) is 12. The molecule has 1 atom stereocenters. The maximum atomic E-state index is 5.95. The van der Waals surface area contributed by atoms with Crippen molar-refractivity contribution in [1.82, 2.24) is 4.90 Å². The van der Waals surface area contributed by atoms with Crippen LogP contribution in [0.15, 0.2) is 17.1 Å². The molecule has 1 rings (SSSR count). The molecule has 1 unspecified atom stereocenters. The first kappa shape index (κ1) is 21.2. The first-order valence-electron chi connectivity index (χ1n) is 10.5. The zero-order chi connectivity index (χ0) is 17.5. The minimum Gasteiger partial charge on any atom is -0.340 e. The summed E-state index contributed by atoms with van der Waals surface area (Å²) < 4.78 is 0. The average molecular weight is 336 g/mol. The van der Waals surface area contributed by atoms with Gasteiger partial charge in [0.05, 0.1) is 12.7 Å². The molecule has 0 aromatic carbocycles. The Morgan fingerprint density at radius 1 is 0.958 bits per heavy atom. The van der Waals surface area contributed by atoms with Gasteiger partial charge in [-0.15, -0.1) is 0 Å². The lowest BCUT2D eigenvalue weighted by Crippen LogP contribution is -2.41. The van der Waals surface area contributed by atoms with Crippen molar-refractivity contribution in [2.45, 2.75) is 103 Å². The number of rotatable bonds is 15. The van der Waals surface area contributed by atoms with Gasteiger partial charge in [-0.2, -0.15) is 0 Å². The Morgan fingerprint density at radius 2 is 1.50 bits per heavy atom. The fraction of sp³-hybridized carbons (Fsp3) is 0.857. The summed E-state index contributed by atoms with van der Waals surface area (Å²) in [5, 5.41) is 0. The molecule has 0 radical (unpaired) electrons. The van der Waals surface area contributed by atoms with E-state index in [1.54, 1.807) is 0 Å². The van der Waals surface area contributed by atoms with Gasteiger partial charge in [0.15, 0.2) is 0 Å². The van der Waals surface area contributed by atoms with Crippen LogP contribution in [0, 0.1) is 0 Å². The summed E-state index contributed by atoms with van der Waals surface area (Å²) in [6.07, 6.45) is 22.6. The number of nitrogens with zero attached hydrogens (tertiary/aromatic N) is 2. The molecule has 3 nitrogen and oxygen atoms in total. The summed E-state index contributed by atoms with van der Waals surface area (Å²) in [4.78, 5) is 6.69. The topological polar surface area (TPSA) is 41.6 Å². The molecule has 3 heteroatoms. The lowest BCUT2D eigenvalue weighted by atomic mass is 10.0. The van der Waals surface area contributed by atoms with E-state index < -0.39 is 0 Å². The van der Waals surface area contributed by atoms with Crippen molar-refractivity contribution in [3.8, 4) is 0 Å². The highest BCUT2D eigenvalue weighted by molar-refractivity contribution is 5.94. The molecule has 0 bridgehead atoms. The Balaban J connectivity index is 1.86. The van der Waals surface area contributed by atoms with E-state index in [9.17, 15) is 0 Å². The van der Waals surface area contributed by atoms with Crippen LogP contribution in [0.1, 0.15) is 97.3 Å². The van der Waals surface area contributed by atoms with Gasteiger partial charge in [-0.25, -0.2) is 0 Å². The predicted molar refractivity (Wildman–Crippen MR) is 107 cm³/mol. The van der Waals surface area contributed by atoms with Gasteiger partial charge < -0.3 is 10.6 Å². The van der Waals surface area contributed by atoms with Crippen LogP contribution < -0.4 is 5.73 Å². The summed E-state index contributed by atoms with van der Waals surface area (Å²) in [7, 11) is 0. The maximum Gasteiger partial charge on any atom is 0.124 e. The zero-order valence-corrected chi connectivity index (χ0v) is 16.3. The first-order valence-corrected chi connectivity index (χ1v) is 10.5. The summed E-state index contributed by atoms with van der Waals surface area (Å²) in [6, 6.07) is 0. The van der Waals surface area contributed by atoms with Crippen LogP contribution in [0.25, 0.3) is 0 Å². The zero-order valence-electron chi connectivity index (χ0n) is 16.3.